The number of nitrogens with zero attached hydrogens (tertiary/aromatic N) is 1. The van der Waals surface area contributed by atoms with Crippen molar-refractivity contribution in [1.82, 2.24) is 15.5 Å². The Morgan fingerprint density at radius 1 is 1.11 bits per heavy atom. The van der Waals surface area contributed by atoms with Crippen LogP contribution in [0.25, 0.3) is 0 Å². The number of fused-ring (bicyclic) bond motifs is 1. The molecule has 3 amide bonds. The number of nitrogens with two attached hydrogens (primary N) is 1. The SMILES string of the molecule is Cc1cc(O)cc(C)c1C[C@H](N)C(=O)N1Cc2ccccc2C[C@H]1C(=O)N[C@@H](C)C(=O)NC(C)(C)C. The van der Waals surface area contributed by atoms with Crippen molar-refractivity contribution in [3.8, 4) is 5.75 Å². The van der Waals surface area contributed by atoms with Gasteiger partial charge in [-0.2, -0.15) is 0 Å². The number of carbonyl (C=O) groups is 3. The summed E-state index contributed by atoms with van der Waals surface area (Å²) in [6.45, 7) is 11.2. The van der Waals surface area contributed by atoms with Gasteiger partial charge in [0.1, 0.15) is 17.8 Å². The number of amides is 3. The molecule has 0 saturated carbocycles. The minimum absolute atomic E-state index is 0.169. The van der Waals surface area contributed by atoms with Crippen LogP contribution >= 0.6 is 0 Å². The molecule has 2 aromatic carbocycles. The van der Waals surface area contributed by atoms with Crippen LogP contribution in [0.3, 0.4) is 0 Å². The highest BCUT2D eigenvalue weighted by atomic mass is 16.3. The second kappa shape index (κ2) is 10.7. The Kier molecular flexibility index (Phi) is 8.09. The van der Waals surface area contributed by atoms with Crippen molar-refractivity contribution in [2.45, 2.75) is 84.6 Å². The minimum Gasteiger partial charge on any atom is -0.508 e. The Bertz CT molecular complexity index is 1130. The predicted molar refractivity (Wildman–Crippen MR) is 139 cm³/mol. The van der Waals surface area contributed by atoms with Gasteiger partial charge in [-0.3, -0.25) is 14.4 Å². The highest BCUT2D eigenvalue weighted by Gasteiger charge is 2.37. The molecular formula is C28H38N4O4. The van der Waals surface area contributed by atoms with Gasteiger partial charge in [0.05, 0.1) is 6.04 Å². The van der Waals surface area contributed by atoms with E-state index in [4.69, 9.17) is 5.73 Å². The van der Waals surface area contributed by atoms with Crippen LogP contribution in [0.5, 0.6) is 5.75 Å². The Balaban J connectivity index is 1.83. The van der Waals surface area contributed by atoms with Gasteiger partial charge < -0.3 is 26.4 Å². The molecule has 8 nitrogen and oxygen atoms in total. The van der Waals surface area contributed by atoms with Crippen LogP contribution in [0.15, 0.2) is 36.4 Å². The van der Waals surface area contributed by atoms with Gasteiger partial charge in [-0.25, -0.2) is 0 Å². The van der Waals surface area contributed by atoms with Crippen molar-refractivity contribution in [2.24, 2.45) is 5.73 Å². The Morgan fingerprint density at radius 2 is 1.69 bits per heavy atom. The molecule has 0 aliphatic carbocycles. The van der Waals surface area contributed by atoms with Gasteiger partial charge in [0.15, 0.2) is 0 Å². The Hall–Kier alpha value is -3.39. The van der Waals surface area contributed by atoms with Gasteiger partial charge in [-0.05, 0) is 87.9 Å². The van der Waals surface area contributed by atoms with Crippen molar-refractivity contribution >= 4 is 17.7 Å². The monoisotopic (exact) mass is 494 g/mol. The topological polar surface area (TPSA) is 125 Å². The van der Waals surface area contributed by atoms with Crippen LogP contribution in [0.1, 0.15) is 55.5 Å². The second-order valence-electron chi connectivity index (χ2n) is 10.8. The smallest absolute Gasteiger partial charge is 0.243 e. The first-order valence-electron chi connectivity index (χ1n) is 12.3. The summed E-state index contributed by atoms with van der Waals surface area (Å²) in [5, 5.41) is 15.5. The Morgan fingerprint density at radius 3 is 2.28 bits per heavy atom. The second-order valence-corrected chi connectivity index (χ2v) is 10.8. The largest absolute Gasteiger partial charge is 0.508 e. The fraction of sp³-hybridized carbons (Fsp3) is 0.464. The molecule has 0 radical (unpaired) electrons. The fourth-order valence-electron chi connectivity index (χ4n) is 4.65. The summed E-state index contributed by atoms with van der Waals surface area (Å²) in [5.74, 6) is -0.843. The lowest BCUT2D eigenvalue weighted by molar-refractivity contribution is -0.143. The number of nitrogens with one attached hydrogen (secondary N) is 2. The number of hydrogen-bond donors (Lipinski definition) is 4. The number of carbonyl (C=O) groups excluding carboxylic acids is 3. The zero-order chi connectivity index (χ0) is 26.8. The molecule has 0 saturated heterocycles. The van der Waals surface area contributed by atoms with E-state index in [9.17, 15) is 19.5 Å². The molecule has 3 rings (SSSR count). The summed E-state index contributed by atoms with van der Waals surface area (Å²) in [6, 6.07) is 8.60. The maximum Gasteiger partial charge on any atom is 0.243 e. The van der Waals surface area contributed by atoms with Crippen LogP contribution in [0.2, 0.25) is 0 Å². The van der Waals surface area contributed by atoms with Crippen LogP contribution in [0, 0.1) is 13.8 Å². The van der Waals surface area contributed by atoms with Gasteiger partial charge in [-0.1, -0.05) is 24.3 Å². The van der Waals surface area contributed by atoms with Crippen molar-refractivity contribution in [2.75, 3.05) is 0 Å². The average molecular weight is 495 g/mol. The maximum absolute atomic E-state index is 13.6. The zero-order valence-electron chi connectivity index (χ0n) is 22.0. The standard InChI is InChI=1S/C28H38N4O4/c1-16-11-21(33)12-17(2)22(16)14-23(29)27(36)32-15-20-10-8-7-9-19(20)13-24(32)26(35)30-18(3)25(34)31-28(4,5)6/h7-12,18,23-24,33H,13-15,29H2,1-6H3,(H,30,35)(H,31,34)/t18-,23-,24-/m0/s1. The quantitative estimate of drug-likeness (QED) is 0.490. The molecule has 0 aromatic heterocycles. The lowest BCUT2D eigenvalue weighted by Crippen LogP contribution is -2.59. The zero-order valence-corrected chi connectivity index (χ0v) is 22.0. The van der Waals surface area contributed by atoms with E-state index >= 15 is 0 Å². The molecule has 194 valence electrons. The van der Waals surface area contributed by atoms with Gasteiger partial charge >= 0.3 is 0 Å². The normalized spacial score (nSPS) is 17.1. The highest BCUT2D eigenvalue weighted by molar-refractivity contribution is 5.93. The van der Waals surface area contributed by atoms with Crippen LogP contribution in [-0.2, 0) is 33.8 Å². The van der Waals surface area contributed by atoms with Crippen LogP contribution in [-0.4, -0.2) is 51.4 Å². The predicted octanol–water partition coefficient (Wildman–Crippen LogP) is 2.25. The summed E-state index contributed by atoms with van der Waals surface area (Å²) in [6.07, 6.45) is 0.624. The van der Waals surface area contributed by atoms with E-state index in [0.717, 1.165) is 27.8 Å². The summed E-state index contributed by atoms with van der Waals surface area (Å²) < 4.78 is 0. The number of benzene rings is 2. The lowest BCUT2D eigenvalue weighted by Gasteiger charge is -2.38. The van der Waals surface area contributed by atoms with Crippen molar-refractivity contribution in [3.05, 3.63) is 64.2 Å². The lowest BCUT2D eigenvalue weighted by atomic mass is 9.91. The third-order valence-corrected chi connectivity index (χ3v) is 6.51. The van der Waals surface area contributed by atoms with Crippen LogP contribution in [0.4, 0.5) is 0 Å². The van der Waals surface area contributed by atoms with E-state index in [1.807, 2.05) is 58.9 Å². The summed E-state index contributed by atoms with van der Waals surface area (Å²) in [4.78, 5) is 41.1. The van der Waals surface area contributed by atoms with Crippen LogP contribution < -0.4 is 16.4 Å². The maximum atomic E-state index is 13.6. The third-order valence-electron chi connectivity index (χ3n) is 6.51. The molecule has 8 heteroatoms. The molecule has 1 heterocycles. The third kappa shape index (κ3) is 6.43. The minimum atomic E-state index is -0.867. The Labute approximate surface area is 213 Å². The average Bonchev–Trinajstić information content (AvgIpc) is 2.78. The molecule has 1 aliphatic heterocycles. The first-order valence-corrected chi connectivity index (χ1v) is 12.3. The number of hydrogen-bond acceptors (Lipinski definition) is 5. The summed E-state index contributed by atoms with van der Waals surface area (Å²) >= 11 is 0. The van der Waals surface area contributed by atoms with E-state index in [1.165, 1.54) is 4.90 Å². The molecule has 0 spiro atoms. The van der Waals surface area contributed by atoms with Gasteiger partial charge in [0.2, 0.25) is 17.7 Å². The number of aryl methyl sites for hydroxylation is 2. The number of phenols is 1. The molecule has 0 bridgehead atoms. The molecule has 0 unspecified atom stereocenters. The molecule has 3 atom stereocenters. The van der Waals surface area contributed by atoms with E-state index in [2.05, 4.69) is 10.6 Å². The van der Waals surface area contributed by atoms with Crippen molar-refractivity contribution < 1.29 is 19.5 Å². The summed E-state index contributed by atoms with van der Waals surface area (Å²) in [5.41, 5.74) is 10.6. The van der Waals surface area contributed by atoms with E-state index in [0.29, 0.717) is 6.42 Å². The molecule has 1 aliphatic rings. The number of aromatic hydroxyl groups is 1. The van der Waals surface area contributed by atoms with Gasteiger partial charge in [0, 0.05) is 18.5 Å². The highest BCUT2D eigenvalue weighted by Crippen LogP contribution is 2.26. The molecular weight excluding hydrogens is 456 g/mol. The molecule has 5 N–H and O–H groups in total. The first-order chi connectivity index (χ1) is 16.8. The van der Waals surface area contributed by atoms with Gasteiger partial charge in [-0.15, -0.1) is 0 Å². The molecule has 2 aromatic rings. The van der Waals surface area contributed by atoms with E-state index in [-0.39, 0.29) is 30.5 Å². The van der Waals surface area contributed by atoms with Gasteiger partial charge in [0.25, 0.3) is 0 Å². The molecule has 36 heavy (non-hydrogen) atoms. The first kappa shape index (κ1) is 27.2. The van der Waals surface area contributed by atoms with Crippen molar-refractivity contribution in [1.29, 1.82) is 0 Å². The fourth-order valence-corrected chi connectivity index (χ4v) is 4.65. The van der Waals surface area contributed by atoms with E-state index < -0.39 is 29.6 Å². The van der Waals surface area contributed by atoms with Crippen molar-refractivity contribution in [3.63, 3.8) is 0 Å². The number of phenolic OH excluding ortho intramolecular Hbond substituents is 1. The molecule has 0 fully saturated rings. The summed E-state index contributed by atoms with van der Waals surface area (Å²) in [7, 11) is 0. The number of rotatable bonds is 6. The van der Waals surface area contributed by atoms with E-state index in [1.54, 1.807) is 19.1 Å².